The second kappa shape index (κ2) is 15.7. The molecule has 370 valence electrons. The summed E-state index contributed by atoms with van der Waals surface area (Å²) in [5.41, 5.74) is 25.2. The molecule has 0 atom stereocenters. The summed E-state index contributed by atoms with van der Waals surface area (Å²) in [6.07, 6.45) is 2.38. The van der Waals surface area contributed by atoms with E-state index in [-0.39, 0.29) is 21.7 Å². The number of thiophene rings is 1. The molecule has 3 aliphatic rings. The van der Waals surface area contributed by atoms with E-state index in [1.165, 1.54) is 122 Å². The molecule has 15 rings (SSSR count). The van der Waals surface area contributed by atoms with Crippen molar-refractivity contribution in [3.63, 3.8) is 0 Å². The molecule has 0 radical (unpaired) electrons. The van der Waals surface area contributed by atoms with E-state index >= 15 is 0 Å². The van der Waals surface area contributed by atoms with Crippen LogP contribution < -0.4 is 16.2 Å². The Labute approximate surface area is 450 Å². The fourth-order valence-electron chi connectivity index (χ4n) is 13.8. The van der Waals surface area contributed by atoms with Gasteiger partial charge in [-0.15, -0.1) is 11.3 Å². The Kier molecular flexibility index (Phi) is 9.48. The van der Waals surface area contributed by atoms with Gasteiger partial charge in [-0.2, -0.15) is 0 Å². The molecule has 0 saturated heterocycles. The lowest BCUT2D eigenvalue weighted by Gasteiger charge is -2.42. The average molecular weight is 1000 g/mol. The summed E-state index contributed by atoms with van der Waals surface area (Å²) in [6.45, 7) is 21.6. The quantitative estimate of drug-likeness (QED) is 0.174. The van der Waals surface area contributed by atoms with E-state index in [9.17, 15) is 0 Å². The molecule has 0 saturated carbocycles. The van der Waals surface area contributed by atoms with Gasteiger partial charge in [-0.25, -0.2) is 0 Å². The largest absolute Gasteiger partial charge is 0.455 e. The van der Waals surface area contributed by atoms with Crippen LogP contribution in [0, 0.1) is 0 Å². The third-order valence-corrected chi connectivity index (χ3v) is 19.4. The molecule has 4 heterocycles. The molecule has 1 N–H and O–H groups in total. The molecule has 9 aromatic carbocycles. The van der Waals surface area contributed by atoms with Crippen molar-refractivity contribution in [2.45, 2.75) is 96.8 Å². The van der Waals surface area contributed by atoms with E-state index in [2.05, 4.69) is 242 Å². The van der Waals surface area contributed by atoms with E-state index < -0.39 is 0 Å². The lowest BCUT2D eigenvalue weighted by molar-refractivity contribution is 0.331. The summed E-state index contributed by atoms with van der Waals surface area (Å²) in [5, 5.41) is 10.4. The van der Waals surface area contributed by atoms with Gasteiger partial charge in [0, 0.05) is 81.0 Å². The molecule has 12 aromatic rings. The number of nitrogens with one attached hydrogen (secondary N) is 1. The summed E-state index contributed by atoms with van der Waals surface area (Å²) in [5.74, 6) is 0.900. The van der Waals surface area contributed by atoms with Gasteiger partial charge in [0.25, 0.3) is 0 Å². The number of aromatic nitrogens is 1. The maximum Gasteiger partial charge on any atom is 0.198 e. The first-order valence-electron chi connectivity index (χ1n) is 27.4. The minimum atomic E-state index is -0.200. The van der Waals surface area contributed by atoms with Crippen molar-refractivity contribution in [3.8, 4) is 50.4 Å². The van der Waals surface area contributed by atoms with Gasteiger partial charge in [-0.3, -0.25) is 0 Å². The van der Waals surface area contributed by atoms with Gasteiger partial charge >= 0.3 is 0 Å². The fraction of sp³-hybridized carbons (Fsp3) is 0.211. The topological polar surface area (TPSA) is 30.1 Å². The summed E-state index contributed by atoms with van der Waals surface area (Å²) in [6, 6.07) is 64.4. The summed E-state index contributed by atoms with van der Waals surface area (Å²) < 4.78 is 12.4. The van der Waals surface area contributed by atoms with E-state index in [0.717, 1.165) is 52.1 Å². The van der Waals surface area contributed by atoms with Crippen molar-refractivity contribution in [1.29, 1.82) is 0 Å². The van der Waals surface area contributed by atoms with Gasteiger partial charge in [-0.1, -0.05) is 177 Å². The lowest BCUT2D eigenvalue weighted by atomic mass is 9.59. The number of fused-ring (bicyclic) bond motifs is 13. The van der Waals surface area contributed by atoms with Gasteiger partial charge in [-0.05, 0) is 145 Å². The van der Waals surface area contributed by atoms with E-state index in [4.69, 9.17) is 4.42 Å². The van der Waals surface area contributed by atoms with Crippen LogP contribution in [0.4, 0.5) is 11.4 Å². The highest BCUT2D eigenvalue weighted by Crippen LogP contribution is 2.57. The molecule has 2 aliphatic carbocycles. The molecule has 3 aromatic heterocycles. The number of furan rings is 1. The predicted octanol–water partition coefficient (Wildman–Crippen LogP) is 18.3. The number of benzene rings is 9. The smallest absolute Gasteiger partial charge is 0.198 e. The Hall–Kier alpha value is -7.60. The van der Waals surface area contributed by atoms with Crippen molar-refractivity contribution in [2.75, 3.05) is 5.32 Å². The average Bonchev–Trinajstić information content (AvgIpc) is 4.32. The first-order chi connectivity index (χ1) is 36.5. The van der Waals surface area contributed by atoms with Crippen molar-refractivity contribution >= 4 is 93.9 Å². The second-order valence-corrected chi connectivity index (χ2v) is 26.3. The highest BCUT2D eigenvalue weighted by Gasteiger charge is 2.43. The number of hydrogen-bond acceptors (Lipinski definition) is 3. The van der Waals surface area contributed by atoms with Crippen LogP contribution >= 0.6 is 11.3 Å². The Morgan fingerprint density at radius 3 is 1.95 bits per heavy atom. The van der Waals surface area contributed by atoms with Gasteiger partial charge in [0.05, 0.1) is 5.52 Å². The molecular formula is C71H61BN2OS. The summed E-state index contributed by atoms with van der Waals surface area (Å²) in [7, 11) is 0.753. The Morgan fingerprint density at radius 1 is 0.539 bits per heavy atom. The second-order valence-electron chi connectivity index (χ2n) is 25.2. The van der Waals surface area contributed by atoms with Crippen LogP contribution in [0.5, 0.6) is 0 Å². The first-order valence-corrected chi connectivity index (χ1v) is 28.2. The molecule has 3 nitrogen and oxygen atoms in total. The number of anilines is 2. The van der Waals surface area contributed by atoms with Crippen LogP contribution in [0.2, 0.25) is 0 Å². The molecule has 0 spiro atoms. The highest BCUT2D eigenvalue weighted by molar-refractivity contribution is 7.25. The van der Waals surface area contributed by atoms with Crippen LogP contribution in [0.1, 0.15) is 103 Å². The monoisotopic (exact) mass is 1000 g/mol. The van der Waals surface area contributed by atoms with E-state index in [1.54, 1.807) is 0 Å². The van der Waals surface area contributed by atoms with Crippen LogP contribution in [0.15, 0.2) is 174 Å². The predicted molar refractivity (Wildman–Crippen MR) is 327 cm³/mol. The summed E-state index contributed by atoms with van der Waals surface area (Å²) >= 11 is 1.90. The van der Waals surface area contributed by atoms with Crippen molar-refractivity contribution < 1.29 is 4.42 Å². The Morgan fingerprint density at radius 2 is 1.21 bits per heavy atom. The molecule has 0 amide bonds. The van der Waals surface area contributed by atoms with Crippen molar-refractivity contribution in [3.05, 3.63) is 198 Å². The van der Waals surface area contributed by atoms with E-state index in [1.807, 2.05) is 11.3 Å². The third-order valence-electron chi connectivity index (χ3n) is 18.2. The molecule has 1 aliphatic heterocycles. The minimum Gasteiger partial charge on any atom is -0.455 e. The fourth-order valence-corrected chi connectivity index (χ4v) is 15.0. The van der Waals surface area contributed by atoms with E-state index in [0.29, 0.717) is 0 Å². The molecule has 0 unspecified atom stereocenters. The summed E-state index contributed by atoms with van der Waals surface area (Å²) in [4.78, 5) is 0. The molecular weight excluding hydrogens is 940 g/mol. The normalized spacial score (nSPS) is 15.8. The molecule has 5 heteroatoms. The van der Waals surface area contributed by atoms with Crippen molar-refractivity contribution in [1.82, 2.24) is 4.57 Å². The van der Waals surface area contributed by atoms with Crippen LogP contribution in [-0.4, -0.2) is 11.8 Å². The van der Waals surface area contributed by atoms with Crippen molar-refractivity contribution in [2.24, 2.45) is 0 Å². The first kappa shape index (κ1) is 45.8. The SMILES string of the molecule is CC(C)(C)c1ccc(Nc2cc3c(cc2-c2ccc4c5cc6sc7ccccc7c6cc5n5c4c2Bc2cc4oc(-c6ccccc6)c(-c6ccccc6)c4cc2-5)-c2cc4c(cc2C3(C)C)C(C)(C)CCC4(C)C)cc1. The minimum absolute atomic E-state index is 0.0534. The number of rotatable bonds is 5. The van der Waals surface area contributed by atoms with Crippen LogP contribution in [0.3, 0.4) is 0 Å². The molecule has 76 heavy (non-hydrogen) atoms. The van der Waals surface area contributed by atoms with Gasteiger partial charge in [0.2, 0.25) is 0 Å². The highest BCUT2D eigenvalue weighted by atomic mass is 32.1. The number of hydrogen-bond donors (Lipinski definition) is 1. The Bertz CT molecular complexity index is 4440. The zero-order valence-corrected chi connectivity index (χ0v) is 45.9. The van der Waals surface area contributed by atoms with Gasteiger partial charge in [0.15, 0.2) is 7.28 Å². The molecule has 0 bridgehead atoms. The zero-order chi connectivity index (χ0) is 51.8. The van der Waals surface area contributed by atoms with Gasteiger partial charge in [0.1, 0.15) is 11.3 Å². The maximum absolute atomic E-state index is 7.11. The van der Waals surface area contributed by atoms with Crippen LogP contribution in [0.25, 0.3) is 103 Å². The molecule has 0 fully saturated rings. The number of nitrogens with zero attached hydrogens (tertiary/aromatic N) is 1. The Balaban J connectivity index is 1.02. The lowest BCUT2D eigenvalue weighted by Crippen LogP contribution is -2.37. The zero-order valence-electron chi connectivity index (χ0n) is 45.1. The maximum atomic E-state index is 7.11. The third kappa shape index (κ3) is 6.60. The van der Waals surface area contributed by atoms with Gasteiger partial charge < -0.3 is 14.3 Å². The standard InChI is InChI=1S/C71H61BN2OS/c1-68(2,3)42-24-26-43(27-25-42)73-58-38-54-47(48-33-55-56(37-53(48)71(54,8)9)70(6,7)31-30-69(55,4)5)32-49(58)45-28-29-46-50-36-63-51(44-22-16-17-23-62(44)76-63)34-59(50)74-60-35-52-61(39-57(60)72-65(45)66(46)74)75-67(41-20-14-11-15-21-41)64(52)40-18-12-10-13-19-40/h10-29,32-39,72-73H,30-31H2,1-9H3. The van der Waals surface area contributed by atoms with Crippen LogP contribution in [-0.2, 0) is 21.7 Å².